The van der Waals surface area contributed by atoms with Crippen molar-refractivity contribution in [1.29, 1.82) is 0 Å². The molecule has 92 valence electrons. The number of hydrogen-bond acceptors (Lipinski definition) is 4. The van der Waals surface area contributed by atoms with E-state index in [9.17, 15) is 9.59 Å². The molecule has 0 unspecified atom stereocenters. The van der Waals surface area contributed by atoms with Gasteiger partial charge in [-0.1, -0.05) is 0 Å². The Labute approximate surface area is 100 Å². The van der Waals surface area contributed by atoms with E-state index in [4.69, 9.17) is 4.74 Å². The number of hydrogen-bond donors (Lipinski definition) is 1. The lowest BCUT2D eigenvalue weighted by Crippen LogP contribution is -2.31. The molecule has 0 aliphatic carbocycles. The highest BCUT2D eigenvalue weighted by molar-refractivity contribution is 5.76. The molecule has 0 saturated heterocycles. The summed E-state index contributed by atoms with van der Waals surface area (Å²) in [5.74, 6) is 0.505. The lowest BCUT2D eigenvalue weighted by molar-refractivity contribution is -0.122. The fourth-order valence-corrected chi connectivity index (χ4v) is 1.20. The SMILES string of the molecule is CC(C)NC(=O)CCOc1ccc(C=O)nc1. The van der Waals surface area contributed by atoms with Crippen LogP contribution in [0.2, 0.25) is 0 Å². The zero-order valence-electron chi connectivity index (χ0n) is 9.97. The van der Waals surface area contributed by atoms with Gasteiger partial charge in [0.1, 0.15) is 11.4 Å². The first-order valence-corrected chi connectivity index (χ1v) is 5.45. The summed E-state index contributed by atoms with van der Waals surface area (Å²) in [5.41, 5.74) is 0.356. The van der Waals surface area contributed by atoms with E-state index in [1.807, 2.05) is 13.8 Å². The van der Waals surface area contributed by atoms with Crippen LogP contribution in [0.4, 0.5) is 0 Å². The molecule has 0 radical (unpaired) electrons. The molecule has 0 bridgehead atoms. The number of nitrogens with zero attached hydrogens (tertiary/aromatic N) is 1. The van der Waals surface area contributed by atoms with Gasteiger partial charge in [0.15, 0.2) is 6.29 Å². The van der Waals surface area contributed by atoms with Crippen molar-refractivity contribution >= 4 is 12.2 Å². The predicted molar refractivity (Wildman–Crippen MR) is 63.0 cm³/mol. The zero-order valence-corrected chi connectivity index (χ0v) is 9.97. The number of aldehydes is 1. The molecule has 0 aliphatic rings. The highest BCUT2D eigenvalue weighted by Crippen LogP contribution is 2.08. The molecule has 0 aromatic carbocycles. The van der Waals surface area contributed by atoms with Crippen molar-refractivity contribution in [2.24, 2.45) is 0 Å². The number of carbonyl (C=O) groups excluding carboxylic acids is 2. The third-order valence-electron chi connectivity index (χ3n) is 1.93. The van der Waals surface area contributed by atoms with Crippen LogP contribution in [0.5, 0.6) is 5.75 Å². The lowest BCUT2D eigenvalue weighted by atomic mass is 10.3. The second-order valence-electron chi connectivity index (χ2n) is 3.86. The predicted octanol–water partition coefficient (Wildman–Crippen LogP) is 1.19. The highest BCUT2D eigenvalue weighted by Gasteiger charge is 2.03. The maximum absolute atomic E-state index is 11.3. The van der Waals surface area contributed by atoms with E-state index in [0.29, 0.717) is 30.8 Å². The molecule has 1 rings (SSSR count). The van der Waals surface area contributed by atoms with Gasteiger partial charge < -0.3 is 10.1 Å². The molecule has 1 amide bonds. The molecule has 1 heterocycles. The summed E-state index contributed by atoms with van der Waals surface area (Å²) in [4.78, 5) is 25.5. The Morgan fingerprint density at radius 3 is 2.82 bits per heavy atom. The van der Waals surface area contributed by atoms with Gasteiger partial charge in [-0.3, -0.25) is 9.59 Å². The molecule has 1 aromatic heterocycles. The number of rotatable bonds is 6. The van der Waals surface area contributed by atoms with Crippen LogP contribution < -0.4 is 10.1 Å². The second kappa shape index (κ2) is 6.62. The minimum atomic E-state index is -0.0440. The minimum Gasteiger partial charge on any atom is -0.491 e. The van der Waals surface area contributed by atoms with Crippen molar-refractivity contribution in [1.82, 2.24) is 10.3 Å². The second-order valence-corrected chi connectivity index (χ2v) is 3.86. The van der Waals surface area contributed by atoms with Gasteiger partial charge in [-0.2, -0.15) is 0 Å². The molecule has 1 N–H and O–H groups in total. The maximum Gasteiger partial charge on any atom is 0.223 e. The summed E-state index contributed by atoms with van der Waals surface area (Å²) in [7, 11) is 0. The molecule has 0 atom stereocenters. The van der Waals surface area contributed by atoms with E-state index < -0.39 is 0 Å². The lowest BCUT2D eigenvalue weighted by Gasteiger charge is -2.09. The Balaban J connectivity index is 2.30. The number of pyridine rings is 1. The van der Waals surface area contributed by atoms with Gasteiger partial charge in [0.2, 0.25) is 5.91 Å². The summed E-state index contributed by atoms with van der Waals surface area (Å²) >= 11 is 0. The average molecular weight is 236 g/mol. The maximum atomic E-state index is 11.3. The van der Waals surface area contributed by atoms with Gasteiger partial charge in [-0.25, -0.2) is 4.98 Å². The van der Waals surface area contributed by atoms with E-state index in [1.54, 1.807) is 12.1 Å². The van der Waals surface area contributed by atoms with Crippen LogP contribution in [0.15, 0.2) is 18.3 Å². The summed E-state index contributed by atoms with van der Waals surface area (Å²) in [6.07, 6.45) is 2.43. The van der Waals surface area contributed by atoms with E-state index in [-0.39, 0.29) is 11.9 Å². The fraction of sp³-hybridized carbons (Fsp3) is 0.417. The summed E-state index contributed by atoms with van der Waals surface area (Å²) in [6.45, 7) is 4.10. The van der Waals surface area contributed by atoms with Crippen LogP contribution in [0, 0.1) is 0 Å². The topological polar surface area (TPSA) is 68.3 Å². The van der Waals surface area contributed by atoms with E-state index >= 15 is 0 Å². The molecular formula is C12H16N2O3. The van der Waals surface area contributed by atoms with Crippen molar-refractivity contribution in [3.8, 4) is 5.75 Å². The van der Waals surface area contributed by atoms with Crippen molar-refractivity contribution in [2.45, 2.75) is 26.3 Å². The molecule has 0 spiro atoms. The van der Waals surface area contributed by atoms with Gasteiger partial charge in [0.25, 0.3) is 0 Å². The minimum absolute atomic E-state index is 0.0440. The van der Waals surface area contributed by atoms with Crippen molar-refractivity contribution in [3.63, 3.8) is 0 Å². The van der Waals surface area contributed by atoms with E-state index in [1.165, 1.54) is 6.20 Å². The van der Waals surface area contributed by atoms with Crippen LogP contribution in [0.25, 0.3) is 0 Å². The summed E-state index contributed by atoms with van der Waals surface area (Å²) in [5, 5.41) is 2.77. The van der Waals surface area contributed by atoms with Crippen LogP contribution in [-0.4, -0.2) is 29.8 Å². The Morgan fingerprint density at radius 1 is 1.53 bits per heavy atom. The molecule has 5 nitrogen and oxygen atoms in total. The first-order chi connectivity index (χ1) is 8.11. The van der Waals surface area contributed by atoms with Crippen LogP contribution in [0.3, 0.4) is 0 Å². The van der Waals surface area contributed by atoms with Gasteiger partial charge >= 0.3 is 0 Å². The van der Waals surface area contributed by atoms with Crippen molar-refractivity contribution < 1.29 is 14.3 Å². The van der Waals surface area contributed by atoms with Crippen molar-refractivity contribution in [2.75, 3.05) is 6.61 Å². The first-order valence-electron chi connectivity index (χ1n) is 5.45. The van der Waals surface area contributed by atoms with Gasteiger partial charge in [0, 0.05) is 6.04 Å². The summed E-state index contributed by atoms with van der Waals surface area (Å²) in [6, 6.07) is 3.35. The fourth-order valence-electron chi connectivity index (χ4n) is 1.20. The zero-order chi connectivity index (χ0) is 12.7. The molecule has 5 heteroatoms. The number of ether oxygens (including phenoxy) is 1. The molecule has 0 fully saturated rings. The van der Waals surface area contributed by atoms with E-state index in [0.717, 1.165) is 0 Å². The average Bonchev–Trinajstić information content (AvgIpc) is 2.29. The van der Waals surface area contributed by atoms with Crippen LogP contribution in [-0.2, 0) is 4.79 Å². The molecule has 1 aromatic rings. The van der Waals surface area contributed by atoms with Crippen LogP contribution >= 0.6 is 0 Å². The molecule has 0 saturated carbocycles. The smallest absolute Gasteiger partial charge is 0.223 e. The number of carbonyl (C=O) groups is 2. The Hall–Kier alpha value is -1.91. The molecular weight excluding hydrogens is 220 g/mol. The summed E-state index contributed by atoms with van der Waals surface area (Å²) < 4.78 is 5.32. The molecule has 17 heavy (non-hydrogen) atoms. The highest BCUT2D eigenvalue weighted by atomic mass is 16.5. The number of aromatic nitrogens is 1. The van der Waals surface area contributed by atoms with Gasteiger partial charge in [0.05, 0.1) is 19.2 Å². The van der Waals surface area contributed by atoms with Crippen LogP contribution in [0.1, 0.15) is 30.8 Å². The Bertz CT molecular complexity index is 374. The largest absolute Gasteiger partial charge is 0.491 e. The Morgan fingerprint density at radius 2 is 2.29 bits per heavy atom. The van der Waals surface area contributed by atoms with Gasteiger partial charge in [-0.15, -0.1) is 0 Å². The normalized spacial score (nSPS) is 10.1. The molecule has 0 aliphatic heterocycles. The Kier molecular flexibility index (Phi) is 5.13. The van der Waals surface area contributed by atoms with Crippen molar-refractivity contribution in [3.05, 3.63) is 24.0 Å². The number of nitrogens with one attached hydrogen (secondary N) is 1. The first kappa shape index (κ1) is 13.2. The monoisotopic (exact) mass is 236 g/mol. The van der Waals surface area contributed by atoms with Gasteiger partial charge in [-0.05, 0) is 26.0 Å². The number of amides is 1. The third-order valence-corrected chi connectivity index (χ3v) is 1.93. The quantitative estimate of drug-likeness (QED) is 0.753. The standard InChI is InChI=1S/C12H16N2O3/c1-9(2)14-12(16)5-6-17-11-4-3-10(8-15)13-7-11/h3-4,7-9H,5-6H2,1-2H3,(H,14,16). The van der Waals surface area contributed by atoms with E-state index in [2.05, 4.69) is 10.3 Å². The third kappa shape index (κ3) is 5.10.